The third kappa shape index (κ3) is 4.13. The fraction of sp³-hybridized carbons (Fsp3) is 0.0435. The van der Waals surface area contributed by atoms with Crippen LogP contribution in [0, 0.1) is 0 Å². The summed E-state index contributed by atoms with van der Waals surface area (Å²) in [5.74, 6) is 1.20. The fourth-order valence-electron chi connectivity index (χ4n) is 2.72. The molecule has 0 atom stereocenters. The highest BCUT2D eigenvalue weighted by atomic mass is 28.4. The lowest BCUT2D eigenvalue weighted by Gasteiger charge is -2.30. The van der Waals surface area contributed by atoms with Gasteiger partial charge in [0.1, 0.15) is 11.5 Å². The molecule has 0 aliphatic rings. The molecule has 3 aromatic carbocycles. The van der Waals surface area contributed by atoms with Crippen LogP contribution in [0.25, 0.3) is 11.5 Å². The zero-order chi connectivity index (χ0) is 18.4. The molecule has 0 bridgehead atoms. The lowest BCUT2D eigenvalue weighted by atomic mass is 10.2. The Morgan fingerprint density at radius 1 is 0.615 bits per heavy atom. The molecule has 3 rings (SSSR count). The van der Waals surface area contributed by atoms with Gasteiger partial charge in [0.25, 0.3) is 0 Å². The number of benzene rings is 3. The Labute approximate surface area is 156 Å². The van der Waals surface area contributed by atoms with E-state index in [0.717, 1.165) is 16.3 Å². The summed E-state index contributed by atoms with van der Waals surface area (Å²) in [4.78, 5) is 0. The predicted octanol–water partition coefficient (Wildman–Crippen LogP) is 5.34. The molecule has 0 amide bonds. The molecule has 2 nitrogen and oxygen atoms in total. The molecule has 0 saturated carbocycles. The minimum absolute atomic E-state index is 0.601. The van der Waals surface area contributed by atoms with Crippen molar-refractivity contribution in [3.8, 4) is 0 Å². The van der Waals surface area contributed by atoms with Crippen LogP contribution >= 0.6 is 0 Å². The van der Waals surface area contributed by atoms with Gasteiger partial charge < -0.3 is 8.85 Å². The molecule has 26 heavy (non-hydrogen) atoms. The fourth-order valence-corrected chi connectivity index (χ4v) is 4.97. The van der Waals surface area contributed by atoms with Crippen LogP contribution in [0.1, 0.15) is 11.1 Å². The standard InChI is InChI=1S/C23H22O2Si/c1-19(21-13-7-4-8-14-21)24-26(3,23-17-11-6-12-18-23)25-20(2)22-15-9-5-10-16-22/h4-18H,1-2H2,3H3. The van der Waals surface area contributed by atoms with Crippen molar-refractivity contribution < 1.29 is 8.85 Å². The third-order valence-corrected chi connectivity index (χ3v) is 6.78. The van der Waals surface area contributed by atoms with E-state index in [1.54, 1.807) is 0 Å². The maximum atomic E-state index is 6.36. The van der Waals surface area contributed by atoms with Gasteiger partial charge in [0.15, 0.2) is 0 Å². The van der Waals surface area contributed by atoms with Crippen molar-refractivity contribution in [2.75, 3.05) is 0 Å². The van der Waals surface area contributed by atoms with Crippen molar-refractivity contribution in [1.82, 2.24) is 0 Å². The Morgan fingerprint density at radius 2 is 0.962 bits per heavy atom. The van der Waals surface area contributed by atoms with Gasteiger partial charge in [-0.15, -0.1) is 0 Å². The molecule has 0 radical (unpaired) electrons. The molecule has 0 aliphatic carbocycles. The highest BCUT2D eigenvalue weighted by molar-refractivity contribution is 6.81. The maximum absolute atomic E-state index is 6.36. The molecule has 0 aliphatic heterocycles. The summed E-state index contributed by atoms with van der Waals surface area (Å²) in [6, 6.07) is 29.8. The van der Waals surface area contributed by atoms with Crippen LogP contribution in [0.2, 0.25) is 6.55 Å². The van der Waals surface area contributed by atoms with E-state index >= 15 is 0 Å². The molecule has 0 N–H and O–H groups in total. The summed E-state index contributed by atoms with van der Waals surface area (Å²) in [6.07, 6.45) is 0. The lowest BCUT2D eigenvalue weighted by Crippen LogP contribution is -2.50. The third-order valence-electron chi connectivity index (χ3n) is 4.13. The molecule has 0 fully saturated rings. The largest absolute Gasteiger partial charge is 0.509 e. The molecular weight excluding hydrogens is 336 g/mol. The Kier molecular flexibility index (Phi) is 5.39. The molecule has 0 aromatic heterocycles. The lowest BCUT2D eigenvalue weighted by molar-refractivity contribution is 0.363. The van der Waals surface area contributed by atoms with Crippen molar-refractivity contribution in [2.45, 2.75) is 6.55 Å². The summed E-state index contributed by atoms with van der Waals surface area (Å²) >= 11 is 0. The first-order chi connectivity index (χ1) is 12.6. The Bertz CT molecular complexity index is 820. The van der Waals surface area contributed by atoms with E-state index in [0.29, 0.717) is 11.5 Å². The van der Waals surface area contributed by atoms with Gasteiger partial charge in [-0.05, 0) is 0 Å². The first-order valence-corrected chi connectivity index (χ1v) is 10.8. The molecule has 3 heteroatoms. The molecule has 130 valence electrons. The molecule has 0 spiro atoms. The van der Waals surface area contributed by atoms with Gasteiger partial charge in [-0.3, -0.25) is 0 Å². The summed E-state index contributed by atoms with van der Waals surface area (Å²) in [7, 11) is -2.82. The van der Waals surface area contributed by atoms with Gasteiger partial charge in [0, 0.05) is 22.9 Å². The van der Waals surface area contributed by atoms with Crippen molar-refractivity contribution in [1.29, 1.82) is 0 Å². The van der Waals surface area contributed by atoms with E-state index in [2.05, 4.69) is 13.2 Å². The first kappa shape index (κ1) is 17.8. The predicted molar refractivity (Wildman–Crippen MR) is 111 cm³/mol. The topological polar surface area (TPSA) is 18.5 Å². The zero-order valence-electron chi connectivity index (χ0n) is 14.9. The second-order valence-corrected chi connectivity index (χ2v) is 8.97. The average Bonchev–Trinajstić information content (AvgIpc) is 2.70. The van der Waals surface area contributed by atoms with Gasteiger partial charge in [-0.25, -0.2) is 0 Å². The second kappa shape index (κ2) is 7.89. The SMILES string of the molecule is C=C(O[Si](C)(OC(=C)c1ccccc1)c1ccccc1)c1ccccc1. The van der Waals surface area contributed by atoms with E-state index in [1.807, 2.05) is 97.5 Å². The summed E-state index contributed by atoms with van der Waals surface area (Å²) in [5.41, 5.74) is 1.88. The molecule has 0 heterocycles. The Morgan fingerprint density at radius 3 is 1.35 bits per heavy atom. The normalized spacial score (nSPS) is 10.8. The Balaban J connectivity index is 1.90. The second-order valence-electron chi connectivity index (χ2n) is 6.09. The van der Waals surface area contributed by atoms with Crippen LogP contribution in [0.3, 0.4) is 0 Å². The van der Waals surface area contributed by atoms with Crippen LogP contribution < -0.4 is 5.19 Å². The van der Waals surface area contributed by atoms with Crippen molar-refractivity contribution in [2.24, 2.45) is 0 Å². The van der Waals surface area contributed by atoms with Gasteiger partial charge in [-0.1, -0.05) is 104 Å². The van der Waals surface area contributed by atoms with E-state index in [4.69, 9.17) is 8.85 Å². The van der Waals surface area contributed by atoms with E-state index in [-0.39, 0.29) is 0 Å². The maximum Gasteiger partial charge on any atom is 0.492 e. The van der Waals surface area contributed by atoms with Crippen molar-refractivity contribution in [3.05, 3.63) is 115 Å². The highest BCUT2D eigenvalue weighted by Crippen LogP contribution is 2.25. The number of hydrogen-bond acceptors (Lipinski definition) is 2. The van der Waals surface area contributed by atoms with Crippen LogP contribution in [-0.2, 0) is 8.85 Å². The smallest absolute Gasteiger partial charge is 0.492 e. The number of rotatable bonds is 7. The highest BCUT2D eigenvalue weighted by Gasteiger charge is 2.40. The molecule has 3 aromatic rings. The van der Waals surface area contributed by atoms with Gasteiger partial charge in [-0.2, -0.15) is 0 Å². The van der Waals surface area contributed by atoms with E-state index in [1.165, 1.54) is 0 Å². The molecular formula is C23H22O2Si. The summed E-state index contributed by atoms with van der Waals surface area (Å²) in [5, 5.41) is 1.02. The zero-order valence-corrected chi connectivity index (χ0v) is 15.9. The minimum Gasteiger partial charge on any atom is -0.509 e. The van der Waals surface area contributed by atoms with Crippen LogP contribution in [-0.4, -0.2) is 8.56 Å². The van der Waals surface area contributed by atoms with Crippen LogP contribution in [0.4, 0.5) is 0 Å². The van der Waals surface area contributed by atoms with E-state index < -0.39 is 8.56 Å². The van der Waals surface area contributed by atoms with Crippen LogP contribution in [0.5, 0.6) is 0 Å². The van der Waals surface area contributed by atoms with E-state index in [9.17, 15) is 0 Å². The first-order valence-electron chi connectivity index (χ1n) is 8.51. The van der Waals surface area contributed by atoms with Crippen LogP contribution in [0.15, 0.2) is 104 Å². The van der Waals surface area contributed by atoms with Crippen molar-refractivity contribution >= 4 is 25.3 Å². The number of hydrogen-bond donors (Lipinski definition) is 0. The van der Waals surface area contributed by atoms with Gasteiger partial charge in [0.2, 0.25) is 0 Å². The quantitative estimate of drug-likeness (QED) is 0.419. The van der Waals surface area contributed by atoms with Gasteiger partial charge >= 0.3 is 8.56 Å². The molecule has 0 unspecified atom stereocenters. The Hall–Kier alpha value is -3.04. The summed E-state index contributed by atoms with van der Waals surface area (Å²) in [6.45, 7) is 10.3. The average molecular weight is 359 g/mol. The molecule has 0 saturated heterocycles. The summed E-state index contributed by atoms with van der Waals surface area (Å²) < 4.78 is 12.7. The minimum atomic E-state index is -2.82. The van der Waals surface area contributed by atoms with Crippen molar-refractivity contribution in [3.63, 3.8) is 0 Å². The van der Waals surface area contributed by atoms with Gasteiger partial charge in [0.05, 0.1) is 0 Å². The monoisotopic (exact) mass is 358 g/mol.